The zero-order valence-electron chi connectivity index (χ0n) is 11.9. The van der Waals surface area contributed by atoms with Gasteiger partial charge in [-0.15, -0.1) is 0 Å². The van der Waals surface area contributed by atoms with Crippen LogP contribution in [0, 0.1) is 25.2 Å². The first-order valence-corrected chi connectivity index (χ1v) is 7.34. The molecule has 20 heavy (non-hydrogen) atoms. The Morgan fingerprint density at radius 1 is 1.15 bits per heavy atom. The van der Waals surface area contributed by atoms with Crippen LogP contribution < -0.4 is 5.32 Å². The van der Waals surface area contributed by atoms with Gasteiger partial charge in [0.15, 0.2) is 0 Å². The summed E-state index contributed by atoms with van der Waals surface area (Å²) in [5, 5.41) is 12.6. The molecule has 0 aliphatic heterocycles. The highest BCUT2D eigenvalue weighted by Gasteiger charge is 2.11. The predicted molar refractivity (Wildman–Crippen MR) is 86.8 cm³/mol. The van der Waals surface area contributed by atoms with Gasteiger partial charge in [0.1, 0.15) is 6.07 Å². The molecule has 2 nitrogen and oxygen atoms in total. The maximum Gasteiger partial charge on any atom is 0.101 e. The van der Waals surface area contributed by atoms with Gasteiger partial charge in [-0.05, 0) is 50.1 Å². The van der Waals surface area contributed by atoms with Gasteiger partial charge < -0.3 is 5.32 Å². The molecule has 1 N–H and O–H groups in total. The van der Waals surface area contributed by atoms with Gasteiger partial charge in [0.05, 0.1) is 11.3 Å². The molecule has 0 bridgehead atoms. The van der Waals surface area contributed by atoms with Gasteiger partial charge in [0.25, 0.3) is 0 Å². The summed E-state index contributed by atoms with van der Waals surface area (Å²) >= 11 is 3.45. The Morgan fingerprint density at radius 2 is 1.90 bits per heavy atom. The average Bonchev–Trinajstić information content (AvgIpc) is 2.38. The first kappa shape index (κ1) is 14.6. The summed E-state index contributed by atoms with van der Waals surface area (Å²) in [4.78, 5) is 0. The van der Waals surface area contributed by atoms with Gasteiger partial charge in [-0.25, -0.2) is 0 Å². The molecule has 0 radical (unpaired) electrons. The van der Waals surface area contributed by atoms with Crippen molar-refractivity contribution in [3.8, 4) is 6.07 Å². The number of hydrogen-bond donors (Lipinski definition) is 1. The first-order chi connectivity index (χ1) is 9.51. The number of nitrogens with one attached hydrogen (secondary N) is 1. The molecule has 0 aromatic heterocycles. The van der Waals surface area contributed by atoms with Crippen LogP contribution in [0.15, 0.2) is 40.9 Å². The highest BCUT2D eigenvalue weighted by molar-refractivity contribution is 9.10. The number of nitrogens with zero attached hydrogens (tertiary/aromatic N) is 1. The molecule has 2 aromatic carbocycles. The van der Waals surface area contributed by atoms with E-state index in [0.717, 1.165) is 10.2 Å². The lowest BCUT2D eigenvalue weighted by molar-refractivity contribution is 0.872. The topological polar surface area (TPSA) is 35.8 Å². The minimum atomic E-state index is 0.150. The third kappa shape index (κ3) is 3.20. The van der Waals surface area contributed by atoms with Crippen LogP contribution >= 0.6 is 15.9 Å². The number of rotatable bonds is 3. The van der Waals surface area contributed by atoms with Crippen LogP contribution in [0.1, 0.15) is 35.2 Å². The van der Waals surface area contributed by atoms with Crippen molar-refractivity contribution in [2.75, 3.05) is 5.32 Å². The molecule has 2 aromatic rings. The van der Waals surface area contributed by atoms with Crippen molar-refractivity contribution in [3.05, 3.63) is 63.1 Å². The van der Waals surface area contributed by atoms with E-state index in [-0.39, 0.29) is 6.04 Å². The Kier molecular flexibility index (Phi) is 4.46. The summed E-state index contributed by atoms with van der Waals surface area (Å²) < 4.78 is 0.965. The second-order valence-electron chi connectivity index (χ2n) is 5.03. The van der Waals surface area contributed by atoms with Gasteiger partial charge >= 0.3 is 0 Å². The molecule has 0 fully saturated rings. The molecular formula is C17H17BrN2. The summed E-state index contributed by atoms with van der Waals surface area (Å²) in [6.45, 7) is 6.32. The SMILES string of the molecule is Cc1ccc(C(C)Nc2cc(Br)ccc2C#N)c(C)c1. The molecule has 0 saturated heterocycles. The van der Waals surface area contributed by atoms with E-state index in [1.54, 1.807) is 0 Å². The van der Waals surface area contributed by atoms with Crippen molar-refractivity contribution in [2.24, 2.45) is 0 Å². The zero-order chi connectivity index (χ0) is 14.7. The molecule has 0 heterocycles. The second kappa shape index (κ2) is 6.11. The minimum Gasteiger partial charge on any atom is -0.377 e. The fourth-order valence-corrected chi connectivity index (χ4v) is 2.72. The second-order valence-corrected chi connectivity index (χ2v) is 5.94. The van der Waals surface area contributed by atoms with E-state index in [1.165, 1.54) is 16.7 Å². The van der Waals surface area contributed by atoms with Gasteiger partial charge in [0, 0.05) is 10.5 Å². The zero-order valence-corrected chi connectivity index (χ0v) is 13.5. The van der Waals surface area contributed by atoms with Crippen LogP contribution in [0.25, 0.3) is 0 Å². The number of anilines is 1. The monoisotopic (exact) mass is 328 g/mol. The normalized spacial score (nSPS) is 11.8. The molecule has 2 rings (SSSR count). The summed E-state index contributed by atoms with van der Waals surface area (Å²) in [5.41, 5.74) is 5.29. The van der Waals surface area contributed by atoms with E-state index in [1.807, 2.05) is 18.2 Å². The van der Waals surface area contributed by atoms with E-state index in [0.29, 0.717) is 5.56 Å². The van der Waals surface area contributed by atoms with Crippen molar-refractivity contribution < 1.29 is 0 Å². The summed E-state index contributed by atoms with van der Waals surface area (Å²) in [7, 11) is 0. The molecule has 0 aliphatic rings. The number of aryl methyl sites for hydroxylation is 2. The van der Waals surface area contributed by atoms with Crippen molar-refractivity contribution in [1.82, 2.24) is 0 Å². The molecule has 1 atom stereocenters. The van der Waals surface area contributed by atoms with Crippen LogP contribution in [-0.2, 0) is 0 Å². The van der Waals surface area contributed by atoms with E-state index < -0.39 is 0 Å². The maximum atomic E-state index is 9.18. The van der Waals surface area contributed by atoms with Crippen molar-refractivity contribution in [1.29, 1.82) is 5.26 Å². The van der Waals surface area contributed by atoms with Gasteiger partial charge in [-0.3, -0.25) is 0 Å². The summed E-state index contributed by atoms with van der Waals surface area (Å²) in [6, 6.07) is 14.5. The molecule has 0 aliphatic carbocycles. The van der Waals surface area contributed by atoms with Crippen LogP contribution in [0.2, 0.25) is 0 Å². The molecule has 3 heteroatoms. The lowest BCUT2D eigenvalue weighted by Crippen LogP contribution is -2.09. The van der Waals surface area contributed by atoms with Gasteiger partial charge in [-0.1, -0.05) is 39.7 Å². The quantitative estimate of drug-likeness (QED) is 0.849. The lowest BCUT2D eigenvalue weighted by atomic mass is 10.00. The van der Waals surface area contributed by atoms with Crippen LogP contribution in [0.4, 0.5) is 5.69 Å². The fourth-order valence-electron chi connectivity index (χ4n) is 2.36. The number of nitriles is 1. The van der Waals surface area contributed by atoms with Crippen LogP contribution in [0.5, 0.6) is 0 Å². The average molecular weight is 329 g/mol. The van der Waals surface area contributed by atoms with Crippen LogP contribution in [0.3, 0.4) is 0 Å². The van der Waals surface area contributed by atoms with E-state index >= 15 is 0 Å². The molecule has 0 amide bonds. The van der Waals surface area contributed by atoms with E-state index in [2.05, 4.69) is 66.3 Å². The third-order valence-electron chi connectivity index (χ3n) is 3.37. The molecule has 1 unspecified atom stereocenters. The Hall–Kier alpha value is -1.79. The van der Waals surface area contributed by atoms with Crippen molar-refractivity contribution in [2.45, 2.75) is 26.8 Å². The third-order valence-corrected chi connectivity index (χ3v) is 3.86. The largest absolute Gasteiger partial charge is 0.377 e. The standard InChI is InChI=1S/C17H17BrN2/c1-11-4-7-16(12(2)8-11)13(3)20-17-9-15(18)6-5-14(17)10-19/h4-9,13,20H,1-3H3. The Morgan fingerprint density at radius 3 is 2.55 bits per heavy atom. The minimum absolute atomic E-state index is 0.150. The van der Waals surface area contributed by atoms with Crippen molar-refractivity contribution in [3.63, 3.8) is 0 Å². The maximum absolute atomic E-state index is 9.18. The Bertz CT molecular complexity index is 671. The summed E-state index contributed by atoms with van der Waals surface area (Å²) in [5.74, 6) is 0. The van der Waals surface area contributed by atoms with Crippen LogP contribution in [-0.4, -0.2) is 0 Å². The number of benzene rings is 2. The lowest BCUT2D eigenvalue weighted by Gasteiger charge is -2.19. The van der Waals surface area contributed by atoms with E-state index in [9.17, 15) is 5.26 Å². The highest BCUT2D eigenvalue weighted by Crippen LogP contribution is 2.27. The Balaban J connectivity index is 2.30. The molecular weight excluding hydrogens is 312 g/mol. The number of halogens is 1. The van der Waals surface area contributed by atoms with Gasteiger partial charge in [-0.2, -0.15) is 5.26 Å². The van der Waals surface area contributed by atoms with Gasteiger partial charge in [0.2, 0.25) is 0 Å². The van der Waals surface area contributed by atoms with E-state index in [4.69, 9.17) is 0 Å². The molecule has 102 valence electrons. The first-order valence-electron chi connectivity index (χ1n) is 6.54. The predicted octanol–water partition coefficient (Wildman–Crippen LogP) is 5.11. The van der Waals surface area contributed by atoms with Crippen molar-refractivity contribution >= 4 is 21.6 Å². The fraction of sp³-hybridized carbons (Fsp3) is 0.235. The smallest absolute Gasteiger partial charge is 0.101 e. The molecule has 0 spiro atoms. The highest BCUT2D eigenvalue weighted by atomic mass is 79.9. The Labute approximate surface area is 128 Å². The number of hydrogen-bond acceptors (Lipinski definition) is 2. The summed E-state index contributed by atoms with van der Waals surface area (Å²) in [6.07, 6.45) is 0. The molecule has 0 saturated carbocycles.